The number of hydrogen-bond acceptors (Lipinski definition) is 4. The molecule has 0 atom stereocenters. The molecular formula is C33H20N4O. The molecule has 1 aliphatic heterocycles. The van der Waals surface area contributed by atoms with E-state index in [0.717, 1.165) is 73.2 Å². The molecule has 5 aromatic carbocycles. The zero-order chi connectivity index (χ0) is 25.1. The van der Waals surface area contributed by atoms with Crippen LogP contribution < -0.4 is 4.74 Å². The number of para-hydroxylation sites is 3. The SMILES string of the molecule is c1ccc(-c2nc3ccccc3nc2-c2ccc3c(c2)Oc2cccc4nc(-c5ccccc5)n-3c24)cc1. The quantitative estimate of drug-likeness (QED) is 0.252. The van der Waals surface area contributed by atoms with Gasteiger partial charge in [-0.1, -0.05) is 84.9 Å². The molecule has 7 aromatic rings. The maximum Gasteiger partial charge on any atom is 0.153 e. The molecule has 0 saturated heterocycles. The van der Waals surface area contributed by atoms with Gasteiger partial charge in [0.1, 0.15) is 11.3 Å². The fourth-order valence-electron chi connectivity index (χ4n) is 5.24. The first kappa shape index (κ1) is 20.9. The second-order valence-corrected chi connectivity index (χ2v) is 9.32. The van der Waals surface area contributed by atoms with Crippen LogP contribution in [0.25, 0.3) is 61.7 Å². The fraction of sp³-hybridized carbons (Fsp3) is 0. The predicted octanol–water partition coefficient (Wildman–Crippen LogP) is 8.08. The Labute approximate surface area is 218 Å². The number of aromatic nitrogens is 4. The fourth-order valence-corrected chi connectivity index (χ4v) is 5.24. The van der Waals surface area contributed by atoms with Crippen LogP contribution in [0, 0.1) is 0 Å². The van der Waals surface area contributed by atoms with Gasteiger partial charge in [0.15, 0.2) is 11.5 Å². The molecule has 5 nitrogen and oxygen atoms in total. The number of hydrogen-bond donors (Lipinski definition) is 0. The average molecular weight is 489 g/mol. The van der Waals surface area contributed by atoms with E-state index in [-0.39, 0.29) is 0 Å². The number of imidazole rings is 1. The van der Waals surface area contributed by atoms with E-state index >= 15 is 0 Å². The van der Waals surface area contributed by atoms with Crippen molar-refractivity contribution in [3.8, 4) is 51.1 Å². The molecule has 2 aromatic heterocycles. The topological polar surface area (TPSA) is 52.8 Å². The molecule has 8 rings (SSSR count). The van der Waals surface area contributed by atoms with Crippen molar-refractivity contribution in [2.24, 2.45) is 0 Å². The van der Waals surface area contributed by atoms with Crippen LogP contribution in [-0.2, 0) is 0 Å². The third kappa shape index (κ3) is 3.15. The van der Waals surface area contributed by atoms with Gasteiger partial charge in [-0.2, -0.15) is 0 Å². The van der Waals surface area contributed by atoms with E-state index in [2.05, 4.69) is 47.0 Å². The second-order valence-electron chi connectivity index (χ2n) is 9.32. The number of nitrogens with zero attached hydrogens (tertiary/aromatic N) is 4. The molecule has 1 aliphatic rings. The summed E-state index contributed by atoms with van der Waals surface area (Å²) in [5.41, 5.74) is 9.23. The molecule has 0 aliphatic carbocycles. The third-order valence-corrected chi connectivity index (χ3v) is 6.98. The summed E-state index contributed by atoms with van der Waals surface area (Å²) in [7, 11) is 0. The van der Waals surface area contributed by atoms with Crippen LogP contribution in [0.2, 0.25) is 0 Å². The van der Waals surface area contributed by atoms with Gasteiger partial charge in [0.05, 0.1) is 33.6 Å². The molecule has 5 heteroatoms. The molecule has 0 N–H and O–H groups in total. The Morgan fingerprint density at radius 1 is 0.474 bits per heavy atom. The first-order chi connectivity index (χ1) is 18.8. The van der Waals surface area contributed by atoms with E-state index in [1.807, 2.05) is 78.9 Å². The Balaban J connectivity index is 1.36. The summed E-state index contributed by atoms with van der Waals surface area (Å²) in [6.45, 7) is 0. The van der Waals surface area contributed by atoms with Crippen LogP contribution >= 0.6 is 0 Å². The highest BCUT2D eigenvalue weighted by atomic mass is 16.5. The van der Waals surface area contributed by atoms with E-state index in [1.54, 1.807) is 0 Å². The van der Waals surface area contributed by atoms with E-state index in [9.17, 15) is 0 Å². The standard InChI is InChI=1S/C33H20N4O/c1-3-10-21(11-4-1)30-31(35-25-15-8-7-14-24(25)34-30)23-18-19-27-29(20-23)38-28-17-9-16-26-32(28)37(27)33(36-26)22-12-5-2-6-13-22/h1-20H. The van der Waals surface area contributed by atoms with Crippen LogP contribution in [0.3, 0.4) is 0 Å². The maximum absolute atomic E-state index is 6.48. The lowest BCUT2D eigenvalue weighted by atomic mass is 10.0. The van der Waals surface area contributed by atoms with Gasteiger partial charge in [0, 0.05) is 16.7 Å². The van der Waals surface area contributed by atoms with E-state index in [0.29, 0.717) is 0 Å². The summed E-state index contributed by atoms with van der Waals surface area (Å²) < 4.78 is 8.69. The summed E-state index contributed by atoms with van der Waals surface area (Å²) in [4.78, 5) is 15.1. The van der Waals surface area contributed by atoms with Crippen LogP contribution in [0.4, 0.5) is 0 Å². The predicted molar refractivity (Wildman–Crippen MR) is 151 cm³/mol. The van der Waals surface area contributed by atoms with Crippen molar-refractivity contribution in [2.75, 3.05) is 0 Å². The minimum absolute atomic E-state index is 0.756. The number of benzene rings is 5. The van der Waals surface area contributed by atoms with Gasteiger partial charge < -0.3 is 4.74 Å². The third-order valence-electron chi connectivity index (χ3n) is 6.98. The van der Waals surface area contributed by atoms with Crippen LogP contribution in [-0.4, -0.2) is 19.5 Å². The van der Waals surface area contributed by atoms with E-state index in [1.165, 1.54) is 0 Å². The molecule has 0 bridgehead atoms. The van der Waals surface area contributed by atoms with E-state index in [4.69, 9.17) is 19.7 Å². The van der Waals surface area contributed by atoms with Crippen LogP contribution in [0.15, 0.2) is 121 Å². The highest BCUT2D eigenvalue weighted by Crippen LogP contribution is 2.45. The van der Waals surface area contributed by atoms with Crippen molar-refractivity contribution >= 4 is 22.1 Å². The molecule has 0 spiro atoms. The zero-order valence-electron chi connectivity index (χ0n) is 20.2. The van der Waals surface area contributed by atoms with Crippen LogP contribution in [0.1, 0.15) is 0 Å². The molecule has 0 fully saturated rings. The lowest BCUT2D eigenvalue weighted by Gasteiger charge is -2.22. The van der Waals surface area contributed by atoms with Crippen molar-refractivity contribution in [2.45, 2.75) is 0 Å². The summed E-state index contributed by atoms with van der Waals surface area (Å²) in [6, 6.07) is 40.7. The second kappa shape index (κ2) is 8.11. The van der Waals surface area contributed by atoms with Gasteiger partial charge in [0.2, 0.25) is 0 Å². The maximum atomic E-state index is 6.48. The first-order valence-electron chi connectivity index (χ1n) is 12.6. The smallest absolute Gasteiger partial charge is 0.153 e. The minimum atomic E-state index is 0.756. The van der Waals surface area contributed by atoms with Gasteiger partial charge >= 0.3 is 0 Å². The largest absolute Gasteiger partial charge is 0.453 e. The van der Waals surface area contributed by atoms with Gasteiger partial charge in [-0.25, -0.2) is 15.0 Å². The summed E-state index contributed by atoms with van der Waals surface area (Å²) in [5, 5.41) is 0. The number of fused-ring (bicyclic) bond motifs is 3. The average Bonchev–Trinajstić information content (AvgIpc) is 3.38. The van der Waals surface area contributed by atoms with Crippen molar-refractivity contribution in [1.29, 1.82) is 0 Å². The molecular weight excluding hydrogens is 468 g/mol. The first-order valence-corrected chi connectivity index (χ1v) is 12.6. The van der Waals surface area contributed by atoms with Gasteiger partial charge in [-0.05, 0) is 36.4 Å². The normalized spacial score (nSPS) is 11.9. The molecule has 178 valence electrons. The zero-order valence-corrected chi connectivity index (χ0v) is 20.2. The Bertz CT molecular complexity index is 2000. The lowest BCUT2D eigenvalue weighted by Crippen LogP contribution is -2.06. The number of rotatable bonds is 3. The highest BCUT2D eigenvalue weighted by molar-refractivity contribution is 5.92. The Morgan fingerprint density at radius 2 is 1.11 bits per heavy atom. The van der Waals surface area contributed by atoms with Crippen molar-refractivity contribution < 1.29 is 4.74 Å². The Hall–Kier alpha value is -5.29. The molecule has 38 heavy (non-hydrogen) atoms. The van der Waals surface area contributed by atoms with Crippen molar-refractivity contribution in [3.05, 3.63) is 121 Å². The Morgan fingerprint density at radius 3 is 1.84 bits per heavy atom. The molecule has 3 heterocycles. The van der Waals surface area contributed by atoms with Crippen molar-refractivity contribution in [1.82, 2.24) is 19.5 Å². The van der Waals surface area contributed by atoms with Gasteiger partial charge in [-0.15, -0.1) is 0 Å². The number of ether oxygens (including phenoxy) is 1. The monoisotopic (exact) mass is 488 g/mol. The minimum Gasteiger partial charge on any atom is -0.453 e. The van der Waals surface area contributed by atoms with Crippen LogP contribution in [0.5, 0.6) is 11.5 Å². The molecule has 0 amide bonds. The summed E-state index contributed by atoms with van der Waals surface area (Å²) in [6.07, 6.45) is 0. The van der Waals surface area contributed by atoms with Gasteiger partial charge in [-0.3, -0.25) is 4.57 Å². The highest BCUT2D eigenvalue weighted by Gasteiger charge is 2.26. The molecule has 0 unspecified atom stereocenters. The Kier molecular flexibility index (Phi) is 4.45. The van der Waals surface area contributed by atoms with Crippen molar-refractivity contribution in [3.63, 3.8) is 0 Å². The van der Waals surface area contributed by atoms with E-state index < -0.39 is 0 Å². The summed E-state index contributed by atoms with van der Waals surface area (Å²) >= 11 is 0. The van der Waals surface area contributed by atoms with Gasteiger partial charge in [0.25, 0.3) is 0 Å². The molecule has 0 saturated carbocycles. The summed E-state index contributed by atoms with van der Waals surface area (Å²) in [5.74, 6) is 2.43. The molecule has 0 radical (unpaired) electrons. The lowest BCUT2D eigenvalue weighted by molar-refractivity contribution is 0.476.